The maximum Gasteiger partial charge on any atom is 0.269 e. The normalized spacial score (nSPS) is 21.0. The predicted octanol–water partition coefficient (Wildman–Crippen LogP) is 3.53. The molecule has 5 heteroatoms. The first-order chi connectivity index (χ1) is 9.20. The van der Waals surface area contributed by atoms with E-state index in [2.05, 4.69) is 12.2 Å². The Labute approximate surface area is 118 Å². The van der Waals surface area contributed by atoms with Gasteiger partial charge in [-0.05, 0) is 30.6 Å². The van der Waals surface area contributed by atoms with Crippen LogP contribution in [0.1, 0.15) is 37.8 Å². The lowest BCUT2D eigenvalue weighted by Crippen LogP contribution is -2.36. The van der Waals surface area contributed by atoms with Crippen molar-refractivity contribution in [3.63, 3.8) is 0 Å². The molecule has 0 spiro atoms. The third-order valence-electron chi connectivity index (χ3n) is 3.49. The molecule has 104 valence electrons. The first-order valence-corrected chi connectivity index (χ1v) is 7.94. The van der Waals surface area contributed by atoms with Crippen molar-refractivity contribution in [2.24, 2.45) is 0 Å². The fourth-order valence-electron chi connectivity index (χ4n) is 2.46. The molecule has 2 rings (SSSR count). The van der Waals surface area contributed by atoms with E-state index in [0.29, 0.717) is 6.04 Å². The summed E-state index contributed by atoms with van der Waals surface area (Å²) in [4.78, 5) is 10.5. The molecule has 1 fully saturated rings. The van der Waals surface area contributed by atoms with Gasteiger partial charge in [-0.25, -0.2) is 0 Å². The lowest BCUT2D eigenvalue weighted by molar-refractivity contribution is -0.384. The van der Waals surface area contributed by atoms with Crippen molar-refractivity contribution in [3.05, 3.63) is 39.9 Å². The van der Waals surface area contributed by atoms with Crippen molar-refractivity contribution in [3.8, 4) is 0 Å². The molecule has 1 heterocycles. The van der Waals surface area contributed by atoms with Gasteiger partial charge in [0.2, 0.25) is 0 Å². The molecular formula is C14H20N2O2S. The fraction of sp³-hybridized carbons (Fsp3) is 0.571. The van der Waals surface area contributed by atoms with E-state index in [1.807, 2.05) is 17.8 Å². The van der Waals surface area contributed by atoms with Crippen LogP contribution in [0.5, 0.6) is 0 Å². The van der Waals surface area contributed by atoms with Gasteiger partial charge in [-0.3, -0.25) is 10.1 Å². The Morgan fingerprint density at radius 2 is 2.42 bits per heavy atom. The van der Waals surface area contributed by atoms with E-state index < -0.39 is 0 Å². The van der Waals surface area contributed by atoms with Crippen LogP contribution in [-0.4, -0.2) is 22.5 Å². The Bertz CT molecular complexity index is 433. The standard InChI is InChI=1S/C14H20N2O2S/c1-2-14(15-12-6-4-8-19-10-12)11-5-3-7-13(9-11)16(17)18/h3,5,7,9,12,14-15H,2,4,6,8,10H2,1H3. The van der Waals surface area contributed by atoms with E-state index >= 15 is 0 Å². The minimum atomic E-state index is -0.327. The minimum Gasteiger partial charge on any atom is -0.306 e. The molecule has 1 saturated heterocycles. The largest absolute Gasteiger partial charge is 0.306 e. The monoisotopic (exact) mass is 280 g/mol. The second kappa shape index (κ2) is 6.91. The number of thioether (sulfide) groups is 1. The summed E-state index contributed by atoms with van der Waals surface area (Å²) in [6.07, 6.45) is 3.41. The molecule has 0 bridgehead atoms. The first kappa shape index (κ1) is 14.3. The number of non-ortho nitro benzene ring substituents is 1. The predicted molar refractivity (Wildman–Crippen MR) is 79.6 cm³/mol. The summed E-state index contributed by atoms with van der Waals surface area (Å²) in [5.74, 6) is 2.40. The zero-order chi connectivity index (χ0) is 13.7. The third kappa shape index (κ3) is 3.94. The van der Waals surface area contributed by atoms with Crippen molar-refractivity contribution in [2.45, 2.75) is 38.3 Å². The Morgan fingerprint density at radius 3 is 3.05 bits per heavy atom. The van der Waals surface area contributed by atoms with Crippen molar-refractivity contribution in [1.82, 2.24) is 5.32 Å². The Kier molecular flexibility index (Phi) is 5.22. The van der Waals surface area contributed by atoms with E-state index in [-0.39, 0.29) is 16.7 Å². The van der Waals surface area contributed by atoms with Crippen LogP contribution in [0.25, 0.3) is 0 Å². The molecule has 0 amide bonds. The highest BCUT2D eigenvalue weighted by atomic mass is 32.2. The number of hydrogen-bond acceptors (Lipinski definition) is 4. The summed E-state index contributed by atoms with van der Waals surface area (Å²) in [5, 5.41) is 14.5. The summed E-state index contributed by atoms with van der Waals surface area (Å²) in [6, 6.07) is 7.73. The number of nitrogens with zero attached hydrogens (tertiary/aromatic N) is 1. The Balaban J connectivity index is 2.07. The number of nitro groups is 1. The number of hydrogen-bond donors (Lipinski definition) is 1. The van der Waals surface area contributed by atoms with E-state index in [0.717, 1.165) is 17.7 Å². The fourth-order valence-corrected chi connectivity index (χ4v) is 3.55. The molecule has 1 N–H and O–H groups in total. The van der Waals surface area contributed by atoms with Gasteiger partial charge in [0.1, 0.15) is 0 Å². The Morgan fingerprint density at radius 1 is 1.58 bits per heavy atom. The molecule has 1 aliphatic rings. The molecule has 1 aromatic rings. The molecule has 4 nitrogen and oxygen atoms in total. The lowest BCUT2D eigenvalue weighted by Gasteiger charge is -2.28. The van der Waals surface area contributed by atoms with Gasteiger partial charge in [-0.2, -0.15) is 11.8 Å². The first-order valence-electron chi connectivity index (χ1n) is 6.79. The van der Waals surface area contributed by atoms with Crippen LogP contribution in [0.2, 0.25) is 0 Å². The van der Waals surface area contributed by atoms with Gasteiger partial charge in [-0.1, -0.05) is 19.1 Å². The Hall–Kier alpha value is -1.07. The maximum absolute atomic E-state index is 10.8. The van der Waals surface area contributed by atoms with Crippen LogP contribution in [0.3, 0.4) is 0 Å². The summed E-state index contributed by atoms with van der Waals surface area (Å²) >= 11 is 1.99. The number of benzene rings is 1. The molecule has 0 saturated carbocycles. The van der Waals surface area contributed by atoms with Gasteiger partial charge in [0.25, 0.3) is 5.69 Å². The van der Waals surface area contributed by atoms with E-state index in [4.69, 9.17) is 0 Å². The molecule has 1 aliphatic heterocycles. The lowest BCUT2D eigenvalue weighted by atomic mass is 10.0. The summed E-state index contributed by atoms with van der Waals surface area (Å²) in [6.45, 7) is 2.12. The smallest absolute Gasteiger partial charge is 0.269 e. The molecule has 19 heavy (non-hydrogen) atoms. The molecule has 1 aromatic carbocycles. The van der Waals surface area contributed by atoms with Crippen molar-refractivity contribution in [2.75, 3.05) is 11.5 Å². The zero-order valence-corrected chi connectivity index (χ0v) is 12.0. The molecule has 2 unspecified atom stereocenters. The van der Waals surface area contributed by atoms with Gasteiger partial charge >= 0.3 is 0 Å². The van der Waals surface area contributed by atoms with Gasteiger partial charge in [-0.15, -0.1) is 0 Å². The third-order valence-corrected chi connectivity index (χ3v) is 4.70. The second-order valence-electron chi connectivity index (χ2n) is 4.89. The topological polar surface area (TPSA) is 55.2 Å². The highest BCUT2D eigenvalue weighted by molar-refractivity contribution is 7.99. The van der Waals surface area contributed by atoms with Crippen molar-refractivity contribution >= 4 is 17.4 Å². The summed E-state index contributed by atoms with van der Waals surface area (Å²) < 4.78 is 0. The van der Waals surface area contributed by atoms with E-state index in [1.54, 1.807) is 18.2 Å². The highest BCUT2D eigenvalue weighted by Crippen LogP contribution is 2.25. The SMILES string of the molecule is CCC(NC1CCCSC1)c1cccc([N+](=O)[O-])c1. The van der Waals surface area contributed by atoms with Crippen LogP contribution >= 0.6 is 11.8 Å². The molecule has 0 radical (unpaired) electrons. The average molecular weight is 280 g/mol. The highest BCUT2D eigenvalue weighted by Gasteiger charge is 2.19. The summed E-state index contributed by atoms with van der Waals surface area (Å²) in [7, 11) is 0. The van der Waals surface area contributed by atoms with Gasteiger partial charge in [0.05, 0.1) is 4.92 Å². The van der Waals surface area contributed by atoms with Crippen LogP contribution in [0.4, 0.5) is 5.69 Å². The van der Waals surface area contributed by atoms with Gasteiger partial charge < -0.3 is 5.32 Å². The number of nitro benzene ring substituents is 1. The summed E-state index contributed by atoms with van der Waals surface area (Å²) in [5.41, 5.74) is 1.20. The number of rotatable bonds is 5. The molecular weight excluding hydrogens is 260 g/mol. The second-order valence-corrected chi connectivity index (χ2v) is 6.04. The van der Waals surface area contributed by atoms with Crippen LogP contribution in [0, 0.1) is 10.1 Å². The van der Waals surface area contributed by atoms with Crippen LogP contribution in [0.15, 0.2) is 24.3 Å². The van der Waals surface area contributed by atoms with Crippen molar-refractivity contribution in [1.29, 1.82) is 0 Å². The van der Waals surface area contributed by atoms with Gasteiger partial charge in [0.15, 0.2) is 0 Å². The van der Waals surface area contributed by atoms with Crippen LogP contribution < -0.4 is 5.32 Å². The zero-order valence-electron chi connectivity index (χ0n) is 11.2. The van der Waals surface area contributed by atoms with Crippen molar-refractivity contribution < 1.29 is 4.92 Å². The quantitative estimate of drug-likeness (QED) is 0.662. The average Bonchev–Trinajstić information content (AvgIpc) is 2.46. The maximum atomic E-state index is 10.8. The van der Waals surface area contributed by atoms with Gasteiger partial charge in [0, 0.05) is 30.0 Å². The molecule has 2 atom stereocenters. The molecule has 0 aliphatic carbocycles. The molecule has 0 aromatic heterocycles. The van der Waals surface area contributed by atoms with E-state index in [1.165, 1.54) is 18.6 Å². The van der Waals surface area contributed by atoms with E-state index in [9.17, 15) is 10.1 Å². The number of nitrogens with one attached hydrogen (secondary N) is 1. The minimum absolute atomic E-state index is 0.177. The van der Waals surface area contributed by atoms with Crippen LogP contribution in [-0.2, 0) is 0 Å².